The summed E-state index contributed by atoms with van der Waals surface area (Å²) in [5, 5.41) is 13.1. The normalized spacial score (nSPS) is 10.6. The predicted molar refractivity (Wildman–Crippen MR) is 94.9 cm³/mol. The van der Waals surface area contributed by atoms with Gasteiger partial charge in [0.1, 0.15) is 11.4 Å². The molecule has 0 atom stereocenters. The molecular weight excluding hydrogens is 318 g/mol. The van der Waals surface area contributed by atoms with Gasteiger partial charge < -0.3 is 14.4 Å². The van der Waals surface area contributed by atoms with E-state index in [9.17, 15) is 4.79 Å². The zero-order chi connectivity index (χ0) is 17.8. The fraction of sp³-hybridized carbons (Fsp3) is 0.200. The molecule has 0 aliphatic heterocycles. The third-order valence-electron chi connectivity index (χ3n) is 3.80. The van der Waals surface area contributed by atoms with Gasteiger partial charge in [-0.05, 0) is 43.2 Å². The summed E-state index contributed by atoms with van der Waals surface area (Å²) in [4.78, 5) is 10.9. The van der Waals surface area contributed by atoms with Gasteiger partial charge in [-0.25, -0.2) is 4.79 Å². The van der Waals surface area contributed by atoms with Crippen LogP contribution in [0, 0.1) is 6.92 Å². The molecule has 128 valence electrons. The zero-order valence-corrected chi connectivity index (χ0v) is 14.2. The number of carbonyl (C=O) groups is 1. The number of aromatic carboxylic acids is 1. The van der Waals surface area contributed by atoms with Gasteiger partial charge in [-0.3, -0.25) is 0 Å². The second-order valence-corrected chi connectivity index (χ2v) is 5.81. The van der Waals surface area contributed by atoms with E-state index in [-0.39, 0.29) is 5.56 Å². The summed E-state index contributed by atoms with van der Waals surface area (Å²) < 4.78 is 11.3. The Morgan fingerprint density at radius 2 is 1.92 bits per heavy atom. The number of carboxylic acid groups (broad SMARTS) is 1. The van der Waals surface area contributed by atoms with Crippen molar-refractivity contribution in [1.82, 2.24) is 5.16 Å². The van der Waals surface area contributed by atoms with Crippen LogP contribution in [-0.4, -0.2) is 22.8 Å². The Balaban J connectivity index is 1.92. The first-order chi connectivity index (χ1) is 12.1. The van der Waals surface area contributed by atoms with Crippen molar-refractivity contribution in [2.45, 2.75) is 20.3 Å². The second-order valence-electron chi connectivity index (χ2n) is 5.81. The first-order valence-electron chi connectivity index (χ1n) is 8.12. The number of ether oxygens (including phenoxy) is 1. The molecular formula is C20H19NO4. The minimum atomic E-state index is -0.956. The molecule has 0 unspecified atom stereocenters. The molecule has 0 aliphatic carbocycles. The summed E-state index contributed by atoms with van der Waals surface area (Å²) in [5.41, 5.74) is 3.67. The summed E-state index contributed by atoms with van der Waals surface area (Å²) in [6.45, 7) is 4.71. The molecule has 0 aliphatic rings. The SMILES string of the molecule is CCCOc1cc(C)ccc1-c1cc(-c2ccc(C(=O)O)cc2)on1. The first kappa shape index (κ1) is 16.8. The van der Waals surface area contributed by atoms with Crippen LogP contribution in [0.4, 0.5) is 0 Å². The summed E-state index contributed by atoms with van der Waals surface area (Å²) in [7, 11) is 0. The van der Waals surface area contributed by atoms with E-state index in [2.05, 4.69) is 12.1 Å². The number of hydrogen-bond donors (Lipinski definition) is 1. The van der Waals surface area contributed by atoms with Gasteiger partial charge in [0.25, 0.3) is 0 Å². The Labute approximate surface area is 145 Å². The number of nitrogens with zero attached hydrogens (tertiary/aromatic N) is 1. The minimum Gasteiger partial charge on any atom is -0.493 e. The molecule has 25 heavy (non-hydrogen) atoms. The van der Waals surface area contributed by atoms with Crippen LogP contribution in [0.15, 0.2) is 53.1 Å². The second kappa shape index (κ2) is 7.21. The van der Waals surface area contributed by atoms with E-state index >= 15 is 0 Å². The summed E-state index contributed by atoms with van der Waals surface area (Å²) >= 11 is 0. The Hall–Kier alpha value is -3.08. The highest BCUT2D eigenvalue weighted by molar-refractivity contribution is 5.88. The number of rotatable bonds is 6. The molecule has 1 heterocycles. The van der Waals surface area contributed by atoms with Gasteiger partial charge in [-0.1, -0.05) is 30.3 Å². The van der Waals surface area contributed by atoms with E-state index in [1.165, 1.54) is 0 Å². The number of aromatic nitrogens is 1. The minimum absolute atomic E-state index is 0.234. The third kappa shape index (κ3) is 3.71. The average Bonchev–Trinajstić information content (AvgIpc) is 3.10. The largest absolute Gasteiger partial charge is 0.493 e. The van der Waals surface area contributed by atoms with Crippen molar-refractivity contribution in [3.05, 3.63) is 59.7 Å². The van der Waals surface area contributed by atoms with Crippen molar-refractivity contribution in [3.63, 3.8) is 0 Å². The van der Waals surface area contributed by atoms with Crippen molar-refractivity contribution in [2.24, 2.45) is 0 Å². The Kier molecular flexibility index (Phi) is 4.84. The summed E-state index contributed by atoms with van der Waals surface area (Å²) in [6, 6.07) is 14.3. The maximum Gasteiger partial charge on any atom is 0.335 e. The number of hydrogen-bond acceptors (Lipinski definition) is 4. The zero-order valence-electron chi connectivity index (χ0n) is 14.2. The topological polar surface area (TPSA) is 72.6 Å². The maximum absolute atomic E-state index is 10.9. The highest BCUT2D eigenvalue weighted by Crippen LogP contribution is 2.33. The van der Waals surface area contributed by atoms with Crippen LogP contribution in [-0.2, 0) is 0 Å². The molecule has 0 saturated carbocycles. The van der Waals surface area contributed by atoms with E-state index in [0.29, 0.717) is 18.1 Å². The summed E-state index contributed by atoms with van der Waals surface area (Å²) in [6.07, 6.45) is 0.924. The molecule has 0 fully saturated rings. The molecule has 5 heteroatoms. The number of benzene rings is 2. The van der Waals surface area contributed by atoms with Crippen LogP contribution >= 0.6 is 0 Å². The first-order valence-corrected chi connectivity index (χ1v) is 8.12. The van der Waals surface area contributed by atoms with Crippen LogP contribution in [0.2, 0.25) is 0 Å². The molecule has 1 N–H and O–H groups in total. The third-order valence-corrected chi connectivity index (χ3v) is 3.80. The lowest BCUT2D eigenvalue weighted by molar-refractivity contribution is 0.0697. The molecule has 5 nitrogen and oxygen atoms in total. The molecule has 3 aromatic rings. The lowest BCUT2D eigenvalue weighted by atomic mass is 10.1. The van der Waals surface area contributed by atoms with E-state index in [0.717, 1.165) is 28.9 Å². The van der Waals surface area contributed by atoms with Crippen molar-refractivity contribution in [1.29, 1.82) is 0 Å². The Morgan fingerprint density at radius 3 is 2.60 bits per heavy atom. The van der Waals surface area contributed by atoms with Crippen LogP contribution in [0.25, 0.3) is 22.6 Å². The number of aryl methyl sites for hydroxylation is 1. The van der Waals surface area contributed by atoms with Crippen LogP contribution in [0.1, 0.15) is 29.3 Å². The van der Waals surface area contributed by atoms with Gasteiger partial charge in [-0.2, -0.15) is 0 Å². The van der Waals surface area contributed by atoms with Crippen LogP contribution in [0.3, 0.4) is 0 Å². The van der Waals surface area contributed by atoms with Crippen LogP contribution in [0.5, 0.6) is 5.75 Å². The quantitative estimate of drug-likeness (QED) is 0.699. The molecule has 0 bridgehead atoms. The molecule has 0 spiro atoms. The van der Waals surface area contributed by atoms with Gasteiger partial charge in [-0.15, -0.1) is 0 Å². The van der Waals surface area contributed by atoms with Crippen LogP contribution < -0.4 is 4.74 Å². The molecule has 0 amide bonds. The van der Waals surface area contributed by atoms with E-state index in [1.807, 2.05) is 31.2 Å². The standard InChI is InChI=1S/C20H19NO4/c1-3-10-24-19-11-13(2)4-9-16(19)17-12-18(25-21-17)14-5-7-15(8-6-14)20(22)23/h4-9,11-12H,3,10H2,1-2H3,(H,22,23). The van der Waals surface area contributed by atoms with Gasteiger partial charge >= 0.3 is 5.97 Å². The highest BCUT2D eigenvalue weighted by atomic mass is 16.5. The van der Waals surface area contributed by atoms with Crippen molar-refractivity contribution < 1.29 is 19.2 Å². The van der Waals surface area contributed by atoms with Crippen molar-refractivity contribution in [3.8, 4) is 28.3 Å². The smallest absolute Gasteiger partial charge is 0.335 e. The molecule has 3 rings (SSSR count). The van der Waals surface area contributed by atoms with E-state index < -0.39 is 5.97 Å². The van der Waals surface area contributed by atoms with Crippen molar-refractivity contribution >= 4 is 5.97 Å². The van der Waals surface area contributed by atoms with Gasteiger partial charge in [0, 0.05) is 17.2 Å². The monoisotopic (exact) mass is 337 g/mol. The van der Waals surface area contributed by atoms with Gasteiger partial charge in [0.05, 0.1) is 12.2 Å². The molecule has 0 radical (unpaired) electrons. The lowest BCUT2D eigenvalue weighted by Crippen LogP contribution is -1.97. The molecule has 1 aromatic heterocycles. The van der Waals surface area contributed by atoms with Gasteiger partial charge in [0.2, 0.25) is 0 Å². The fourth-order valence-corrected chi connectivity index (χ4v) is 2.49. The van der Waals surface area contributed by atoms with E-state index in [1.54, 1.807) is 24.3 Å². The predicted octanol–water partition coefficient (Wildman–Crippen LogP) is 4.80. The van der Waals surface area contributed by atoms with Crippen molar-refractivity contribution in [2.75, 3.05) is 6.61 Å². The number of carboxylic acids is 1. The maximum atomic E-state index is 10.9. The van der Waals surface area contributed by atoms with E-state index in [4.69, 9.17) is 14.4 Å². The summed E-state index contributed by atoms with van der Waals surface area (Å²) in [5.74, 6) is 0.402. The molecule has 2 aromatic carbocycles. The Bertz CT molecular complexity index is 881. The average molecular weight is 337 g/mol. The lowest BCUT2D eigenvalue weighted by Gasteiger charge is -2.09. The van der Waals surface area contributed by atoms with Gasteiger partial charge in [0.15, 0.2) is 5.76 Å². The Morgan fingerprint density at radius 1 is 1.16 bits per heavy atom. The molecule has 0 saturated heterocycles. The fourth-order valence-electron chi connectivity index (χ4n) is 2.49. The highest BCUT2D eigenvalue weighted by Gasteiger charge is 2.14.